The number of phenolic OH excluding ortho intramolecular Hbond substituents is 1. The molecule has 3 N–H and O–H groups in total. The molecule has 0 heterocycles. The summed E-state index contributed by atoms with van der Waals surface area (Å²) in [4.78, 5) is 0. The van der Waals surface area contributed by atoms with E-state index in [0.717, 1.165) is 0 Å². The summed E-state index contributed by atoms with van der Waals surface area (Å²) in [6.45, 7) is 3.62. The van der Waals surface area contributed by atoms with E-state index in [1.54, 1.807) is 12.1 Å². The van der Waals surface area contributed by atoms with Crippen molar-refractivity contribution in [2.24, 2.45) is 5.73 Å². The second kappa shape index (κ2) is 5.42. The number of rotatable bonds is 5. The van der Waals surface area contributed by atoms with Gasteiger partial charge in [0.25, 0.3) is 0 Å². The Kier molecular flexibility index (Phi) is 4.19. The average molecular weight is 223 g/mol. The zero-order valence-corrected chi connectivity index (χ0v) is 9.56. The Morgan fingerprint density at radius 3 is 2.62 bits per heavy atom. The van der Waals surface area contributed by atoms with E-state index in [1.807, 2.05) is 0 Å². The van der Waals surface area contributed by atoms with Crippen LogP contribution in [-0.2, 0) is 0 Å². The van der Waals surface area contributed by atoms with Crippen molar-refractivity contribution in [2.75, 3.05) is 14.2 Å². The molecule has 0 unspecified atom stereocenters. The van der Waals surface area contributed by atoms with Crippen LogP contribution in [0.15, 0.2) is 24.8 Å². The second-order valence-corrected chi connectivity index (χ2v) is 3.39. The van der Waals surface area contributed by atoms with Crippen LogP contribution in [0.3, 0.4) is 0 Å². The molecule has 4 heteroatoms. The Morgan fingerprint density at radius 2 is 2.12 bits per heavy atom. The zero-order valence-electron chi connectivity index (χ0n) is 9.56. The maximum Gasteiger partial charge on any atom is 0.131 e. The number of hydrogen-bond acceptors (Lipinski definition) is 4. The van der Waals surface area contributed by atoms with Crippen LogP contribution in [-0.4, -0.2) is 19.3 Å². The van der Waals surface area contributed by atoms with Crippen molar-refractivity contribution in [1.82, 2.24) is 0 Å². The van der Waals surface area contributed by atoms with Gasteiger partial charge in [0.15, 0.2) is 0 Å². The van der Waals surface area contributed by atoms with Gasteiger partial charge in [-0.15, -0.1) is 6.58 Å². The molecule has 0 aromatic heterocycles. The topological polar surface area (TPSA) is 64.7 Å². The van der Waals surface area contributed by atoms with Gasteiger partial charge in [0, 0.05) is 18.2 Å². The van der Waals surface area contributed by atoms with Crippen LogP contribution in [0, 0.1) is 0 Å². The zero-order chi connectivity index (χ0) is 12.1. The van der Waals surface area contributed by atoms with E-state index in [4.69, 9.17) is 15.2 Å². The summed E-state index contributed by atoms with van der Waals surface area (Å²) in [6, 6.07) is 2.87. The molecule has 16 heavy (non-hydrogen) atoms. The molecule has 0 aliphatic carbocycles. The molecule has 0 saturated carbocycles. The maximum atomic E-state index is 9.86. The highest BCUT2D eigenvalue weighted by Crippen LogP contribution is 2.37. The van der Waals surface area contributed by atoms with E-state index in [1.165, 1.54) is 20.3 Å². The molecular formula is C12H17NO3. The maximum absolute atomic E-state index is 9.86. The van der Waals surface area contributed by atoms with Gasteiger partial charge < -0.3 is 20.3 Å². The van der Waals surface area contributed by atoms with E-state index >= 15 is 0 Å². The first kappa shape index (κ1) is 12.4. The minimum atomic E-state index is -0.335. The smallest absolute Gasteiger partial charge is 0.131 e. The Balaban J connectivity index is 3.20. The van der Waals surface area contributed by atoms with Crippen LogP contribution in [0.2, 0.25) is 0 Å². The first-order chi connectivity index (χ1) is 7.63. The molecule has 1 rings (SSSR count). The van der Waals surface area contributed by atoms with Gasteiger partial charge in [0.1, 0.15) is 17.2 Å². The summed E-state index contributed by atoms with van der Waals surface area (Å²) in [6.07, 6.45) is 2.27. The quantitative estimate of drug-likeness (QED) is 0.749. The van der Waals surface area contributed by atoms with Crippen molar-refractivity contribution < 1.29 is 14.6 Å². The minimum absolute atomic E-state index is 0.0746. The van der Waals surface area contributed by atoms with E-state index in [0.29, 0.717) is 23.5 Å². The van der Waals surface area contributed by atoms with Crippen LogP contribution in [0.25, 0.3) is 0 Å². The summed E-state index contributed by atoms with van der Waals surface area (Å²) in [5, 5.41) is 9.86. The molecule has 88 valence electrons. The number of aromatic hydroxyl groups is 1. The van der Waals surface area contributed by atoms with Crippen molar-refractivity contribution in [3.8, 4) is 17.2 Å². The van der Waals surface area contributed by atoms with Crippen molar-refractivity contribution in [2.45, 2.75) is 12.5 Å². The Bertz CT molecular complexity index is 377. The molecule has 1 aromatic carbocycles. The van der Waals surface area contributed by atoms with E-state index in [9.17, 15) is 5.11 Å². The van der Waals surface area contributed by atoms with Gasteiger partial charge in [-0.05, 0) is 6.42 Å². The lowest BCUT2D eigenvalue weighted by Crippen LogP contribution is -2.11. The number of methoxy groups -OCH3 is 2. The van der Waals surface area contributed by atoms with Gasteiger partial charge in [-0.25, -0.2) is 0 Å². The lowest BCUT2D eigenvalue weighted by Gasteiger charge is -2.17. The first-order valence-electron chi connectivity index (χ1n) is 4.95. The monoisotopic (exact) mass is 223 g/mol. The Labute approximate surface area is 95.3 Å². The predicted octanol–water partition coefficient (Wildman–Crippen LogP) is 1.99. The second-order valence-electron chi connectivity index (χ2n) is 3.39. The molecule has 0 aliphatic rings. The predicted molar refractivity (Wildman–Crippen MR) is 63.0 cm³/mol. The highest BCUT2D eigenvalue weighted by molar-refractivity contribution is 5.51. The van der Waals surface area contributed by atoms with Crippen molar-refractivity contribution >= 4 is 0 Å². The van der Waals surface area contributed by atoms with Crippen molar-refractivity contribution in [3.63, 3.8) is 0 Å². The summed E-state index contributed by atoms with van der Waals surface area (Å²) in [5.74, 6) is 1.13. The highest BCUT2D eigenvalue weighted by Gasteiger charge is 2.17. The third-order valence-electron chi connectivity index (χ3n) is 2.34. The third kappa shape index (κ3) is 2.46. The molecular weight excluding hydrogens is 206 g/mol. The SMILES string of the molecule is C=CC[C@H](N)c1c(O)cc(OC)cc1OC. The molecule has 0 aliphatic heterocycles. The standard InChI is InChI=1S/C12H17NO3/c1-4-5-9(13)12-10(14)6-8(15-2)7-11(12)16-3/h4,6-7,9,14H,1,5,13H2,2-3H3/t9-/m0/s1. The molecule has 0 spiro atoms. The highest BCUT2D eigenvalue weighted by atomic mass is 16.5. The van der Waals surface area contributed by atoms with E-state index < -0.39 is 0 Å². The number of nitrogens with two attached hydrogens (primary N) is 1. The molecule has 1 atom stereocenters. The fourth-order valence-electron chi connectivity index (χ4n) is 1.54. The van der Waals surface area contributed by atoms with Gasteiger partial charge in [-0.3, -0.25) is 0 Å². The van der Waals surface area contributed by atoms with E-state index in [-0.39, 0.29) is 11.8 Å². The van der Waals surface area contributed by atoms with Crippen LogP contribution in [0.1, 0.15) is 18.0 Å². The molecule has 0 bridgehead atoms. The van der Waals surface area contributed by atoms with Crippen LogP contribution >= 0.6 is 0 Å². The minimum Gasteiger partial charge on any atom is -0.507 e. The average Bonchev–Trinajstić information content (AvgIpc) is 2.27. The van der Waals surface area contributed by atoms with Gasteiger partial charge in [-0.1, -0.05) is 6.08 Å². The summed E-state index contributed by atoms with van der Waals surface area (Å²) in [5.41, 5.74) is 6.49. The Hall–Kier alpha value is -1.68. The van der Waals surface area contributed by atoms with Crippen molar-refractivity contribution in [1.29, 1.82) is 0 Å². The molecule has 1 aromatic rings. The van der Waals surface area contributed by atoms with Crippen LogP contribution in [0.4, 0.5) is 0 Å². The molecule has 0 saturated heterocycles. The summed E-state index contributed by atoms with van der Waals surface area (Å²) < 4.78 is 10.2. The molecule has 0 amide bonds. The number of benzene rings is 1. The molecule has 4 nitrogen and oxygen atoms in total. The van der Waals surface area contributed by atoms with Gasteiger partial charge in [-0.2, -0.15) is 0 Å². The van der Waals surface area contributed by atoms with E-state index in [2.05, 4.69) is 6.58 Å². The molecule has 0 radical (unpaired) electrons. The molecule has 0 fully saturated rings. The number of ether oxygens (including phenoxy) is 2. The lowest BCUT2D eigenvalue weighted by atomic mass is 10.0. The summed E-state index contributed by atoms with van der Waals surface area (Å²) >= 11 is 0. The van der Waals surface area contributed by atoms with Gasteiger partial charge >= 0.3 is 0 Å². The fraction of sp³-hybridized carbons (Fsp3) is 0.333. The third-order valence-corrected chi connectivity index (χ3v) is 2.34. The normalized spacial score (nSPS) is 11.9. The Morgan fingerprint density at radius 1 is 1.44 bits per heavy atom. The fourth-order valence-corrected chi connectivity index (χ4v) is 1.54. The first-order valence-corrected chi connectivity index (χ1v) is 4.95. The van der Waals surface area contributed by atoms with Crippen molar-refractivity contribution in [3.05, 3.63) is 30.4 Å². The van der Waals surface area contributed by atoms with Crippen LogP contribution < -0.4 is 15.2 Å². The van der Waals surface area contributed by atoms with Gasteiger partial charge in [0.2, 0.25) is 0 Å². The van der Waals surface area contributed by atoms with Crippen LogP contribution in [0.5, 0.6) is 17.2 Å². The number of phenols is 1. The largest absolute Gasteiger partial charge is 0.507 e. The number of hydrogen-bond donors (Lipinski definition) is 2. The lowest BCUT2D eigenvalue weighted by molar-refractivity contribution is 0.375. The van der Waals surface area contributed by atoms with Gasteiger partial charge in [0.05, 0.1) is 19.8 Å². The summed E-state index contributed by atoms with van der Waals surface area (Å²) in [7, 11) is 3.05.